The van der Waals surface area contributed by atoms with Crippen LogP contribution in [0.5, 0.6) is 0 Å². The quantitative estimate of drug-likeness (QED) is 0.424. The molecule has 3 rings (SSSR count). The smallest absolute Gasteiger partial charge is 0.334 e. The van der Waals surface area contributed by atoms with Gasteiger partial charge in [0.15, 0.2) is 0 Å². The van der Waals surface area contributed by atoms with Gasteiger partial charge in [0, 0.05) is 17.9 Å². The summed E-state index contributed by atoms with van der Waals surface area (Å²) in [5, 5.41) is 0. The van der Waals surface area contributed by atoms with Crippen LogP contribution < -0.4 is 0 Å². The molecule has 6 atom stereocenters. The summed E-state index contributed by atoms with van der Waals surface area (Å²) in [6.07, 6.45) is 3.42. The Kier molecular flexibility index (Phi) is 3.46. The van der Waals surface area contributed by atoms with Crippen molar-refractivity contribution < 1.29 is 19.1 Å². The Morgan fingerprint density at radius 3 is 2.82 bits per heavy atom. The number of ether oxygens (including phenoxy) is 2. The van der Waals surface area contributed by atoms with Crippen molar-refractivity contribution in [3.05, 3.63) is 23.8 Å². The average Bonchev–Trinajstić information content (AvgIpc) is 2.84. The van der Waals surface area contributed by atoms with E-state index < -0.39 is 0 Å². The third-order valence-corrected chi connectivity index (χ3v) is 6.12. The van der Waals surface area contributed by atoms with E-state index in [0.717, 1.165) is 12.8 Å². The van der Waals surface area contributed by atoms with Crippen LogP contribution in [0.4, 0.5) is 0 Å². The van der Waals surface area contributed by atoms with Crippen LogP contribution in [0, 0.1) is 23.2 Å². The van der Waals surface area contributed by atoms with Crippen LogP contribution in [0.2, 0.25) is 0 Å². The fourth-order valence-corrected chi connectivity index (χ4v) is 4.82. The van der Waals surface area contributed by atoms with E-state index >= 15 is 0 Å². The van der Waals surface area contributed by atoms with Crippen molar-refractivity contribution in [1.29, 1.82) is 0 Å². The minimum atomic E-state index is -0.386. The molecule has 120 valence electrons. The van der Waals surface area contributed by atoms with E-state index in [9.17, 15) is 9.59 Å². The molecule has 0 amide bonds. The first-order valence-electron chi connectivity index (χ1n) is 8.01. The molecule has 3 aliphatic rings. The van der Waals surface area contributed by atoms with Gasteiger partial charge in [0.2, 0.25) is 0 Å². The van der Waals surface area contributed by atoms with Gasteiger partial charge in [0.25, 0.3) is 0 Å². The maximum atomic E-state index is 12.0. The molecule has 0 spiro atoms. The van der Waals surface area contributed by atoms with Crippen molar-refractivity contribution in [3.63, 3.8) is 0 Å². The molecule has 0 radical (unpaired) electrons. The summed E-state index contributed by atoms with van der Waals surface area (Å²) in [7, 11) is 0. The molecule has 0 aromatic carbocycles. The molecule has 22 heavy (non-hydrogen) atoms. The summed E-state index contributed by atoms with van der Waals surface area (Å²) in [6.45, 7) is 11.8. The van der Waals surface area contributed by atoms with E-state index in [1.165, 1.54) is 12.5 Å². The third-order valence-electron chi connectivity index (χ3n) is 6.12. The number of carbonyl (C=O) groups is 2. The lowest BCUT2D eigenvalue weighted by Crippen LogP contribution is -2.46. The Morgan fingerprint density at radius 1 is 1.50 bits per heavy atom. The van der Waals surface area contributed by atoms with Gasteiger partial charge in [-0.2, -0.15) is 0 Å². The molecular formula is C18H24O4. The Bertz CT molecular complexity index is 576. The van der Waals surface area contributed by atoms with E-state index in [0.29, 0.717) is 17.4 Å². The Hall–Kier alpha value is -1.58. The predicted octanol–water partition coefficient (Wildman–Crippen LogP) is 3.03. The van der Waals surface area contributed by atoms with Gasteiger partial charge in [-0.05, 0) is 31.6 Å². The molecule has 0 unspecified atom stereocenters. The largest absolute Gasteiger partial charge is 0.461 e. The fraction of sp³-hybridized carbons (Fsp3) is 0.667. The molecule has 2 fully saturated rings. The average molecular weight is 304 g/mol. The SMILES string of the molecule is C=C1C(=O)O[C@H]2C[C@@H](C)[C@@H]3CC=C(C)[C@@]3(C)[C@H](OC(C)=O)[C@H]12. The standard InChI is InChI=1S/C18H24O4/c1-9-8-14-15(11(3)17(20)22-14)16(21-12(4)19)18(5)10(2)6-7-13(9)18/h6,9,13-16H,3,7-8H2,1-2,4-5H3/t9-,13+,14+,15-,16-,18-/m1/s1. The molecule has 0 aromatic rings. The number of hydrogen-bond donors (Lipinski definition) is 0. The normalized spacial score (nSPS) is 43.8. The summed E-state index contributed by atoms with van der Waals surface area (Å²) >= 11 is 0. The molecule has 2 aliphatic carbocycles. The van der Waals surface area contributed by atoms with Crippen LogP contribution in [0.15, 0.2) is 23.8 Å². The topological polar surface area (TPSA) is 52.6 Å². The van der Waals surface area contributed by atoms with Gasteiger partial charge in [-0.25, -0.2) is 4.79 Å². The van der Waals surface area contributed by atoms with Crippen molar-refractivity contribution in [1.82, 2.24) is 0 Å². The van der Waals surface area contributed by atoms with Crippen molar-refractivity contribution in [3.8, 4) is 0 Å². The first kappa shape index (κ1) is 15.3. The minimum Gasteiger partial charge on any atom is -0.461 e. The monoisotopic (exact) mass is 304 g/mol. The van der Waals surface area contributed by atoms with Crippen LogP contribution in [0.25, 0.3) is 0 Å². The van der Waals surface area contributed by atoms with Gasteiger partial charge in [0.1, 0.15) is 12.2 Å². The zero-order chi connectivity index (χ0) is 16.2. The highest BCUT2D eigenvalue weighted by molar-refractivity contribution is 5.91. The van der Waals surface area contributed by atoms with Crippen molar-refractivity contribution >= 4 is 11.9 Å². The van der Waals surface area contributed by atoms with Gasteiger partial charge >= 0.3 is 11.9 Å². The van der Waals surface area contributed by atoms with Crippen LogP contribution in [0.3, 0.4) is 0 Å². The molecule has 0 N–H and O–H groups in total. The van der Waals surface area contributed by atoms with Gasteiger partial charge in [-0.3, -0.25) is 4.79 Å². The number of carbonyl (C=O) groups excluding carboxylic acids is 2. The number of hydrogen-bond acceptors (Lipinski definition) is 4. The van der Waals surface area contributed by atoms with Gasteiger partial charge < -0.3 is 9.47 Å². The Labute approximate surface area is 131 Å². The molecule has 0 aromatic heterocycles. The van der Waals surface area contributed by atoms with Gasteiger partial charge in [0.05, 0.1) is 5.92 Å². The van der Waals surface area contributed by atoms with Crippen LogP contribution in [-0.4, -0.2) is 24.1 Å². The van der Waals surface area contributed by atoms with Gasteiger partial charge in [-0.15, -0.1) is 0 Å². The minimum absolute atomic E-state index is 0.227. The molecule has 4 heteroatoms. The van der Waals surface area contributed by atoms with Crippen LogP contribution >= 0.6 is 0 Å². The van der Waals surface area contributed by atoms with E-state index in [2.05, 4.69) is 33.4 Å². The first-order valence-corrected chi connectivity index (χ1v) is 8.01. The summed E-state index contributed by atoms with van der Waals surface area (Å²) in [5.74, 6) is -0.110. The predicted molar refractivity (Wildman–Crippen MR) is 81.8 cm³/mol. The molecule has 4 nitrogen and oxygen atoms in total. The lowest BCUT2D eigenvalue weighted by Gasteiger charge is -2.42. The van der Waals surface area contributed by atoms with Crippen LogP contribution in [0.1, 0.15) is 40.5 Å². The second-order valence-electron chi connectivity index (χ2n) is 7.25. The molecule has 1 aliphatic heterocycles. The van der Waals surface area contributed by atoms with E-state index in [1.54, 1.807) is 0 Å². The summed E-state index contributed by atoms with van der Waals surface area (Å²) in [4.78, 5) is 23.7. The third kappa shape index (κ3) is 1.96. The van der Waals surface area contributed by atoms with E-state index in [-0.39, 0.29) is 35.5 Å². The number of allylic oxidation sites excluding steroid dienone is 1. The molecular weight excluding hydrogens is 280 g/mol. The zero-order valence-corrected chi connectivity index (χ0v) is 13.7. The number of esters is 2. The lowest BCUT2D eigenvalue weighted by atomic mass is 9.65. The number of rotatable bonds is 1. The highest BCUT2D eigenvalue weighted by Crippen LogP contribution is 2.58. The summed E-state index contributed by atoms with van der Waals surface area (Å²) in [5.41, 5.74) is 1.43. The van der Waals surface area contributed by atoms with Crippen molar-refractivity contribution in [2.75, 3.05) is 0 Å². The van der Waals surface area contributed by atoms with E-state index in [4.69, 9.17) is 9.47 Å². The number of fused-ring (bicyclic) bond motifs is 2. The second kappa shape index (κ2) is 4.97. The highest BCUT2D eigenvalue weighted by atomic mass is 16.6. The maximum Gasteiger partial charge on any atom is 0.334 e. The first-order chi connectivity index (χ1) is 10.3. The Balaban J connectivity index is 2.11. The second-order valence-corrected chi connectivity index (χ2v) is 7.25. The molecule has 1 heterocycles. The zero-order valence-electron chi connectivity index (χ0n) is 13.7. The maximum absolute atomic E-state index is 12.0. The van der Waals surface area contributed by atoms with Gasteiger partial charge in [-0.1, -0.05) is 32.1 Å². The highest BCUT2D eigenvalue weighted by Gasteiger charge is 2.60. The molecule has 1 saturated heterocycles. The fourth-order valence-electron chi connectivity index (χ4n) is 4.82. The van der Waals surface area contributed by atoms with Crippen molar-refractivity contribution in [2.45, 2.75) is 52.7 Å². The van der Waals surface area contributed by atoms with E-state index in [1.807, 2.05) is 0 Å². The Morgan fingerprint density at radius 2 is 2.18 bits per heavy atom. The molecule has 0 bridgehead atoms. The summed E-state index contributed by atoms with van der Waals surface area (Å²) in [6, 6.07) is 0. The lowest BCUT2D eigenvalue weighted by molar-refractivity contribution is -0.157. The van der Waals surface area contributed by atoms with Crippen LogP contribution in [-0.2, 0) is 19.1 Å². The molecule has 1 saturated carbocycles. The van der Waals surface area contributed by atoms with Crippen molar-refractivity contribution in [2.24, 2.45) is 23.2 Å². The summed E-state index contributed by atoms with van der Waals surface area (Å²) < 4.78 is 11.3.